The molecule has 0 aliphatic heterocycles. The molecule has 0 saturated heterocycles. The highest BCUT2D eigenvalue weighted by Gasteiger charge is 2.05. The Morgan fingerprint density at radius 2 is 2.06 bits per heavy atom. The van der Waals surface area contributed by atoms with Crippen LogP contribution in [0.2, 0.25) is 0 Å². The molecule has 2 N–H and O–H groups in total. The molecule has 5 nitrogen and oxygen atoms in total. The Kier molecular flexibility index (Phi) is 5.49. The SMILES string of the molecule is Cl.Cl.O=C(O)c1cncc(-c2ccn[nH]2)c1. The maximum Gasteiger partial charge on any atom is 0.337 e. The molecule has 0 spiro atoms. The molecule has 86 valence electrons. The number of nitrogens with one attached hydrogen (secondary N) is 1. The van der Waals surface area contributed by atoms with E-state index in [9.17, 15) is 4.79 Å². The molecular formula is C9H9Cl2N3O2. The Balaban J connectivity index is 0.00000112. The number of aromatic nitrogens is 3. The molecule has 2 heterocycles. The van der Waals surface area contributed by atoms with Gasteiger partial charge in [-0.1, -0.05) is 0 Å². The number of carboxylic acid groups (broad SMARTS) is 1. The predicted octanol–water partition coefficient (Wildman–Crippen LogP) is 2.01. The van der Waals surface area contributed by atoms with E-state index in [1.54, 1.807) is 24.5 Å². The minimum absolute atomic E-state index is 0. The number of rotatable bonds is 2. The molecule has 0 aliphatic rings. The molecule has 2 rings (SSSR count). The smallest absolute Gasteiger partial charge is 0.337 e. The first-order valence-electron chi connectivity index (χ1n) is 3.95. The van der Waals surface area contributed by atoms with Crippen molar-refractivity contribution in [3.05, 3.63) is 36.3 Å². The van der Waals surface area contributed by atoms with Crippen LogP contribution in [0.3, 0.4) is 0 Å². The van der Waals surface area contributed by atoms with Crippen LogP contribution < -0.4 is 0 Å². The van der Waals surface area contributed by atoms with Gasteiger partial charge in [-0.2, -0.15) is 5.10 Å². The Morgan fingerprint density at radius 1 is 1.31 bits per heavy atom. The highest BCUT2D eigenvalue weighted by atomic mass is 35.5. The molecule has 0 fully saturated rings. The van der Waals surface area contributed by atoms with Crippen LogP contribution >= 0.6 is 24.8 Å². The number of hydrogen-bond acceptors (Lipinski definition) is 3. The zero-order valence-corrected chi connectivity index (χ0v) is 9.59. The van der Waals surface area contributed by atoms with Crippen LogP contribution in [0.5, 0.6) is 0 Å². The standard InChI is InChI=1S/C9H7N3O2.2ClH/c13-9(14)7-3-6(4-10-5-7)8-1-2-11-12-8;;/h1-5H,(H,11,12)(H,13,14);2*1H. The molecule has 16 heavy (non-hydrogen) atoms. The highest BCUT2D eigenvalue weighted by Crippen LogP contribution is 2.15. The Labute approximate surface area is 104 Å². The van der Waals surface area contributed by atoms with Crippen molar-refractivity contribution in [2.45, 2.75) is 0 Å². The van der Waals surface area contributed by atoms with Gasteiger partial charge in [0.1, 0.15) is 0 Å². The van der Waals surface area contributed by atoms with Crippen molar-refractivity contribution < 1.29 is 9.90 Å². The van der Waals surface area contributed by atoms with Crippen molar-refractivity contribution in [1.82, 2.24) is 15.2 Å². The third kappa shape index (κ3) is 2.95. The third-order valence-electron chi connectivity index (χ3n) is 1.80. The van der Waals surface area contributed by atoms with E-state index >= 15 is 0 Å². The van der Waals surface area contributed by atoms with Crippen LogP contribution in [0.4, 0.5) is 0 Å². The van der Waals surface area contributed by atoms with Gasteiger partial charge in [-0.3, -0.25) is 10.1 Å². The fourth-order valence-corrected chi connectivity index (χ4v) is 1.12. The molecule has 2 aromatic heterocycles. The van der Waals surface area contributed by atoms with Crippen molar-refractivity contribution in [2.75, 3.05) is 0 Å². The summed E-state index contributed by atoms with van der Waals surface area (Å²) in [5, 5.41) is 15.3. The fraction of sp³-hybridized carbons (Fsp3) is 0. The molecule has 0 bridgehead atoms. The highest BCUT2D eigenvalue weighted by molar-refractivity contribution is 5.88. The molecule has 0 aliphatic carbocycles. The van der Waals surface area contributed by atoms with E-state index in [0.29, 0.717) is 5.56 Å². The van der Waals surface area contributed by atoms with Gasteiger partial charge in [-0.05, 0) is 12.1 Å². The summed E-state index contributed by atoms with van der Waals surface area (Å²) in [6.07, 6.45) is 4.49. The van der Waals surface area contributed by atoms with Crippen LogP contribution in [-0.4, -0.2) is 26.3 Å². The number of aromatic amines is 1. The van der Waals surface area contributed by atoms with Crippen LogP contribution in [0, 0.1) is 0 Å². The average molecular weight is 262 g/mol. The summed E-state index contributed by atoms with van der Waals surface area (Å²) < 4.78 is 0. The maximum absolute atomic E-state index is 10.7. The number of aromatic carboxylic acids is 1. The second-order valence-electron chi connectivity index (χ2n) is 2.74. The number of nitrogens with zero attached hydrogens (tertiary/aromatic N) is 2. The molecule has 0 saturated carbocycles. The minimum atomic E-state index is -0.987. The Bertz CT molecular complexity index is 460. The van der Waals surface area contributed by atoms with Crippen LogP contribution in [-0.2, 0) is 0 Å². The van der Waals surface area contributed by atoms with Gasteiger partial charge in [0.15, 0.2) is 0 Å². The lowest BCUT2D eigenvalue weighted by Gasteiger charge is -1.97. The largest absolute Gasteiger partial charge is 0.478 e. The minimum Gasteiger partial charge on any atom is -0.478 e. The van der Waals surface area contributed by atoms with Crippen molar-refractivity contribution >= 4 is 30.8 Å². The molecular weight excluding hydrogens is 253 g/mol. The van der Waals surface area contributed by atoms with E-state index in [2.05, 4.69) is 15.2 Å². The van der Waals surface area contributed by atoms with Gasteiger partial charge in [0.05, 0.1) is 11.3 Å². The monoisotopic (exact) mass is 261 g/mol. The van der Waals surface area contributed by atoms with Gasteiger partial charge in [0.25, 0.3) is 0 Å². The lowest BCUT2D eigenvalue weighted by Crippen LogP contribution is -1.97. The summed E-state index contributed by atoms with van der Waals surface area (Å²) in [5.74, 6) is -0.987. The average Bonchev–Trinajstić information content (AvgIpc) is 2.71. The molecule has 2 aromatic rings. The molecule has 0 amide bonds. The van der Waals surface area contributed by atoms with Gasteiger partial charge in [-0.15, -0.1) is 24.8 Å². The summed E-state index contributed by atoms with van der Waals surface area (Å²) >= 11 is 0. The molecule has 0 atom stereocenters. The predicted molar refractivity (Wildman–Crippen MR) is 63.3 cm³/mol. The third-order valence-corrected chi connectivity index (χ3v) is 1.80. The fourth-order valence-electron chi connectivity index (χ4n) is 1.12. The lowest BCUT2D eigenvalue weighted by atomic mass is 10.1. The number of H-pyrrole nitrogens is 1. The van der Waals surface area contributed by atoms with E-state index in [1.165, 1.54) is 6.20 Å². The summed E-state index contributed by atoms with van der Waals surface area (Å²) in [7, 11) is 0. The first-order valence-corrected chi connectivity index (χ1v) is 3.95. The van der Waals surface area contributed by atoms with E-state index in [1.807, 2.05) is 0 Å². The quantitative estimate of drug-likeness (QED) is 0.867. The zero-order chi connectivity index (χ0) is 9.97. The number of halogens is 2. The first-order chi connectivity index (χ1) is 6.77. The van der Waals surface area contributed by atoms with E-state index in [-0.39, 0.29) is 30.4 Å². The number of pyridine rings is 1. The first kappa shape index (κ1) is 14.4. The van der Waals surface area contributed by atoms with Crippen molar-refractivity contribution in [1.29, 1.82) is 0 Å². The maximum atomic E-state index is 10.7. The van der Waals surface area contributed by atoms with Gasteiger partial charge in [0, 0.05) is 24.2 Å². The van der Waals surface area contributed by atoms with Crippen LogP contribution in [0.15, 0.2) is 30.7 Å². The topological polar surface area (TPSA) is 78.9 Å². The normalized spacial score (nSPS) is 8.75. The van der Waals surface area contributed by atoms with Gasteiger partial charge >= 0.3 is 5.97 Å². The second kappa shape index (κ2) is 6.09. The molecule has 0 radical (unpaired) electrons. The van der Waals surface area contributed by atoms with Gasteiger partial charge < -0.3 is 5.11 Å². The summed E-state index contributed by atoms with van der Waals surface area (Å²) in [4.78, 5) is 14.5. The molecule has 0 unspecified atom stereocenters. The Morgan fingerprint density at radius 3 is 2.62 bits per heavy atom. The summed E-state index contributed by atoms with van der Waals surface area (Å²) in [6, 6.07) is 3.30. The lowest BCUT2D eigenvalue weighted by molar-refractivity contribution is 0.0696. The van der Waals surface area contributed by atoms with Crippen molar-refractivity contribution in [3.8, 4) is 11.3 Å². The molecule has 7 heteroatoms. The Hall–Kier alpha value is -1.59. The van der Waals surface area contributed by atoms with Crippen molar-refractivity contribution in [3.63, 3.8) is 0 Å². The molecule has 0 aromatic carbocycles. The summed E-state index contributed by atoms with van der Waals surface area (Å²) in [5.41, 5.74) is 1.63. The van der Waals surface area contributed by atoms with Crippen LogP contribution in [0.25, 0.3) is 11.3 Å². The number of hydrogen-bond donors (Lipinski definition) is 2. The van der Waals surface area contributed by atoms with Gasteiger partial charge in [-0.25, -0.2) is 4.79 Å². The number of carboxylic acids is 1. The van der Waals surface area contributed by atoms with Gasteiger partial charge in [0.2, 0.25) is 0 Å². The second-order valence-corrected chi connectivity index (χ2v) is 2.74. The number of carbonyl (C=O) groups is 1. The zero-order valence-electron chi connectivity index (χ0n) is 7.95. The summed E-state index contributed by atoms with van der Waals surface area (Å²) in [6.45, 7) is 0. The van der Waals surface area contributed by atoms with E-state index in [0.717, 1.165) is 5.69 Å². The van der Waals surface area contributed by atoms with E-state index < -0.39 is 5.97 Å². The van der Waals surface area contributed by atoms with Crippen molar-refractivity contribution in [2.24, 2.45) is 0 Å². The van der Waals surface area contributed by atoms with Crippen LogP contribution in [0.1, 0.15) is 10.4 Å². The van der Waals surface area contributed by atoms with E-state index in [4.69, 9.17) is 5.11 Å².